The van der Waals surface area contributed by atoms with Gasteiger partial charge >= 0.3 is 0 Å². The van der Waals surface area contributed by atoms with Crippen LogP contribution in [-0.2, 0) is 9.53 Å². The maximum absolute atomic E-state index is 12.1. The molecule has 1 aromatic rings. The van der Waals surface area contributed by atoms with Crippen molar-refractivity contribution in [2.45, 2.75) is 25.3 Å². The van der Waals surface area contributed by atoms with Gasteiger partial charge in [-0.3, -0.25) is 4.79 Å². The third-order valence-electron chi connectivity index (χ3n) is 3.37. The molecule has 0 aromatic heterocycles. The van der Waals surface area contributed by atoms with E-state index in [4.69, 9.17) is 21.1 Å². The average molecular weight is 313 g/mol. The lowest BCUT2D eigenvalue weighted by atomic mass is 10.1. The van der Waals surface area contributed by atoms with Crippen molar-refractivity contribution in [2.75, 3.05) is 32.2 Å². The lowest BCUT2D eigenvalue weighted by Crippen LogP contribution is -2.27. The molecular formula is C15H21ClN2O3. The van der Waals surface area contributed by atoms with Gasteiger partial charge in [0.2, 0.25) is 5.91 Å². The van der Waals surface area contributed by atoms with E-state index in [2.05, 4.69) is 10.6 Å². The van der Waals surface area contributed by atoms with E-state index in [0.29, 0.717) is 36.1 Å². The largest absolute Gasteiger partial charge is 0.487 e. The molecule has 0 bridgehead atoms. The Hall–Kier alpha value is -1.30. The molecule has 0 radical (unpaired) electrons. The summed E-state index contributed by atoms with van der Waals surface area (Å²) in [6.07, 6.45) is 2.63. The number of hydrogen-bond acceptors (Lipinski definition) is 4. The van der Waals surface area contributed by atoms with Crippen LogP contribution in [0.5, 0.6) is 5.75 Å². The van der Waals surface area contributed by atoms with Crippen molar-refractivity contribution >= 4 is 23.2 Å². The molecule has 1 atom stereocenters. The van der Waals surface area contributed by atoms with Crippen LogP contribution in [0.25, 0.3) is 0 Å². The lowest BCUT2D eigenvalue weighted by Gasteiger charge is -2.15. The van der Waals surface area contributed by atoms with Crippen LogP contribution in [0.15, 0.2) is 18.2 Å². The van der Waals surface area contributed by atoms with Crippen molar-refractivity contribution in [3.05, 3.63) is 23.2 Å². The normalized spacial score (nSPS) is 17.7. The van der Waals surface area contributed by atoms with E-state index in [1.54, 1.807) is 25.3 Å². The molecule has 2 rings (SSSR count). The number of amides is 1. The van der Waals surface area contributed by atoms with Gasteiger partial charge in [-0.2, -0.15) is 0 Å². The zero-order valence-corrected chi connectivity index (χ0v) is 12.9. The molecule has 21 heavy (non-hydrogen) atoms. The van der Waals surface area contributed by atoms with E-state index >= 15 is 0 Å². The Morgan fingerprint density at radius 1 is 1.48 bits per heavy atom. The SMILES string of the molecule is COCCOc1c(Cl)cccc1NC(=O)CC1CCCN1. The number of hydrogen-bond donors (Lipinski definition) is 2. The minimum atomic E-state index is -0.0340. The first kappa shape index (κ1) is 16.1. The highest BCUT2D eigenvalue weighted by molar-refractivity contribution is 6.32. The Balaban J connectivity index is 1.97. The first-order valence-corrected chi connectivity index (χ1v) is 7.52. The minimum absolute atomic E-state index is 0.0340. The number of carbonyl (C=O) groups excluding carboxylic acids is 1. The first-order chi connectivity index (χ1) is 10.2. The number of benzene rings is 1. The van der Waals surface area contributed by atoms with Crippen molar-refractivity contribution < 1.29 is 14.3 Å². The van der Waals surface area contributed by atoms with Gasteiger partial charge in [-0.05, 0) is 31.5 Å². The third-order valence-corrected chi connectivity index (χ3v) is 3.67. The molecule has 1 aromatic carbocycles. The highest BCUT2D eigenvalue weighted by atomic mass is 35.5. The van der Waals surface area contributed by atoms with E-state index in [1.807, 2.05) is 0 Å². The number of nitrogens with one attached hydrogen (secondary N) is 2. The summed E-state index contributed by atoms with van der Waals surface area (Å²) in [5.74, 6) is 0.456. The number of halogens is 1. The van der Waals surface area contributed by atoms with E-state index in [9.17, 15) is 4.79 Å². The molecule has 1 saturated heterocycles. The summed E-state index contributed by atoms with van der Waals surface area (Å²) in [5.41, 5.74) is 0.599. The number of anilines is 1. The minimum Gasteiger partial charge on any atom is -0.487 e. The standard InChI is InChI=1S/C15H21ClN2O3/c1-20-8-9-21-15-12(16)5-2-6-13(15)18-14(19)10-11-4-3-7-17-11/h2,5-6,11,17H,3-4,7-10H2,1H3,(H,18,19). The molecule has 0 aliphatic carbocycles. The van der Waals surface area contributed by atoms with Crippen molar-refractivity contribution in [3.63, 3.8) is 0 Å². The number of ether oxygens (including phenoxy) is 2. The zero-order chi connectivity index (χ0) is 15.1. The van der Waals surface area contributed by atoms with Gasteiger partial charge in [0.1, 0.15) is 6.61 Å². The quantitative estimate of drug-likeness (QED) is 0.759. The summed E-state index contributed by atoms with van der Waals surface area (Å²) < 4.78 is 10.5. The summed E-state index contributed by atoms with van der Waals surface area (Å²) in [6, 6.07) is 5.57. The summed E-state index contributed by atoms with van der Waals surface area (Å²) in [6.45, 7) is 1.83. The highest BCUT2D eigenvalue weighted by Gasteiger charge is 2.19. The monoisotopic (exact) mass is 312 g/mol. The van der Waals surface area contributed by atoms with E-state index in [-0.39, 0.29) is 11.9 Å². The van der Waals surface area contributed by atoms with Gasteiger partial charge in [-0.15, -0.1) is 0 Å². The topological polar surface area (TPSA) is 59.6 Å². The van der Waals surface area contributed by atoms with Crippen LogP contribution in [-0.4, -0.2) is 38.8 Å². The number of para-hydroxylation sites is 1. The third kappa shape index (κ3) is 4.88. The second-order valence-electron chi connectivity index (χ2n) is 5.00. The molecule has 5 nitrogen and oxygen atoms in total. The van der Waals surface area contributed by atoms with E-state index < -0.39 is 0 Å². The fourth-order valence-electron chi connectivity index (χ4n) is 2.34. The number of carbonyl (C=O) groups is 1. The van der Waals surface area contributed by atoms with Crippen LogP contribution < -0.4 is 15.4 Å². The summed E-state index contributed by atoms with van der Waals surface area (Å²) in [4.78, 5) is 12.1. The van der Waals surface area contributed by atoms with Gasteiger partial charge in [0.05, 0.1) is 17.3 Å². The molecule has 0 saturated carbocycles. The van der Waals surface area contributed by atoms with E-state index in [0.717, 1.165) is 19.4 Å². The highest BCUT2D eigenvalue weighted by Crippen LogP contribution is 2.33. The predicted molar refractivity (Wildman–Crippen MR) is 83.1 cm³/mol. The first-order valence-electron chi connectivity index (χ1n) is 7.14. The second kappa shape index (κ2) is 8.22. The number of methoxy groups -OCH3 is 1. The molecule has 1 aliphatic rings. The molecule has 6 heteroatoms. The van der Waals surface area contributed by atoms with Crippen LogP contribution in [0.3, 0.4) is 0 Å². The molecule has 1 heterocycles. The molecular weight excluding hydrogens is 292 g/mol. The molecule has 1 amide bonds. The van der Waals surface area contributed by atoms with Crippen LogP contribution >= 0.6 is 11.6 Å². The summed E-state index contributed by atoms with van der Waals surface area (Å²) in [5, 5.41) is 6.66. The molecule has 1 aliphatic heterocycles. The molecule has 1 fully saturated rings. The Morgan fingerprint density at radius 3 is 3.05 bits per heavy atom. The van der Waals surface area contributed by atoms with Crippen molar-refractivity contribution in [1.82, 2.24) is 5.32 Å². The van der Waals surface area contributed by atoms with Crippen LogP contribution in [0.2, 0.25) is 5.02 Å². The van der Waals surface area contributed by atoms with Crippen LogP contribution in [0, 0.1) is 0 Å². The smallest absolute Gasteiger partial charge is 0.226 e. The van der Waals surface area contributed by atoms with Crippen LogP contribution in [0.1, 0.15) is 19.3 Å². The van der Waals surface area contributed by atoms with Crippen LogP contribution in [0.4, 0.5) is 5.69 Å². The Morgan fingerprint density at radius 2 is 2.33 bits per heavy atom. The number of rotatable bonds is 7. The Bertz CT molecular complexity index is 476. The molecule has 1 unspecified atom stereocenters. The van der Waals surface area contributed by atoms with Crippen molar-refractivity contribution in [3.8, 4) is 5.75 Å². The molecule has 0 spiro atoms. The molecule has 2 N–H and O–H groups in total. The summed E-state index contributed by atoms with van der Waals surface area (Å²) >= 11 is 6.13. The van der Waals surface area contributed by atoms with Crippen molar-refractivity contribution in [2.24, 2.45) is 0 Å². The predicted octanol–water partition coefficient (Wildman–Crippen LogP) is 2.45. The van der Waals surface area contributed by atoms with Gasteiger partial charge in [0.25, 0.3) is 0 Å². The van der Waals surface area contributed by atoms with Crippen molar-refractivity contribution in [1.29, 1.82) is 0 Å². The van der Waals surface area contributed by atoms with Gasteiger partial charge < -0.3 is 20.1 Å². The average Bonchev–Trinajstić information content (AvgIpc) is 2.94. The zero-order valence-electron chi connectivity index (χ0n) is 12.2. The maximum Gasteiger partial charge on any atom is 0.226 e. The fraction of sp³-hybridized carbons (Fsp3) is 0.533. The van der Waals surface area contributed by atoms with Gasteiger partial charge in [-0.1, -0.05) is 17.7 Å². The Labute approximate surface area is 130 Å². The van der Waals surface area contributed by atoms with Gasteiger partial charge in [0, 0.05) is 19.6 Å². The van der Waals surface area contributed by atoms with Gasteiger partial charge in [0.15, 0.2) is 5.75 Å². The maximum atomic E-state index is 12.1. The summed E-state index contributed by atoms with van der Waals surface area (Å²) in [7, 11) is 1.60. The second-order valence-corrected chi connectivity index (χ2v) is 5.41. The molecule has 116 valence electrons. The lowest BCUT2D eigenvalue weighted by molar-refractivity contribution is -0.116. The van der Waals surface area contributed by atoms with E-state index in [1.165, 1.54) is 0 Å². The fourth-order valence-corrected chi connectivity index (χ4v) is 2.57. The Kier molecular flexibility index (Phi) is 6.29. The van der Waals surface area contributed by atoms with Gasteiger partial charge in [-0.25, -0.2) is 0 Å².